The van der Waals surface area contributed by atoms with Crippen molar-refractivity contribution in [2.24, 2.45) is 5.73 Å². The first-order chi connectivity index (χ1) is 12.8. The lowest BCUT2D eigenvalue weighted by Crippen LogP contribution is -2.20. The third-order valence-electron chi connectivity index (χ3n) is 4.29. The second-order valence-corrected chi connectivity index (χ2v) is 5.95. The number of hydrogen-bond donors (Lipinski definition) is 1. The summed E-state index contributed by atoms with van der Waals surface area (Å²) in [5.74, 6) is 1.99. The Bertz CT molecular complexity index is 1020. The number of fused-ring (bicyclic) bond motifs is 1. The number of allylic oxidation sites excluding steroid dienone is 1. The Labute approximate surface area is 151 Å². The molecule has 0 radical (unpaired) electrons. The lowest BCUT2D eigenvalue weighted by molar-refractivity contribution is 0.393. The molecule has 4 heteroatoms. The van der Waals surface area contributed by atoms with Crippen molar-refractivity contribution < 1.29 is 9.47 Å². The maximum atomic E-state index is 9.62. The molecule has 4 rings (SSSR count). The Morgan fingerprint density at radius 2 is 1.62 bits per heavy atom. The zero-order valence-electron chi connectivity index (χ0n) is 13.9. The Hall–Kier alpha value is -3.71. The van der Waals surface area contributed by atoms with Crippen molar-refractivity contribution in [3.8, 4) is 23.3 Å². The van der Waals surface area contributed by atoms with Gasteiger partial charge in [-0.15, -0.1) is 0 Å². The Kier molecular flexibility index (Phi) is 4.04. The highest BCUT2D eigenvalue weighted by Gasteiger charge is 2.30. The van der Waals surface area contributed by atoms with Gasteiger partial charge in [0.1, 0.15) is 28.9 Å². The van der Waals surface area contributed by atoms with Crippen LogP contribution in [-0.2, 0) is 0 Å². The fraction of sp³-hybridized carbons (Fsp3) is 0.0455. The van der Waals surface area contributed by atoms with E-state index in [1.54, 1.807) is 0 Å². The fourth-order valence-electron chi connectivity index (χ4n) is 3.13. The molecular formula is C22H16N2O2. The summed E-state index contributed by atoms with van der Waals surface area (Å²) in [6.07, 6.45) is 0. The van der Waals surface area contributed by atoms with E-state index in [1.807, 2.05) is 78.9 Å². The number of nitrogens with two attached hydrogens (primary N) is 1. The van der Waals surface area contributed by atoms with E-state index in [0.717, 1.165) is 16.9 Å². The normalized spacial score (nSPS) is 15.6. The van der Waals surface area contributed by atoms with E-state index in [2.05, 4.69) is 6.07 Å². The van der Waals surface area contributed by atoms with Gasteiger partial charge in [0, 0.05) is 5.56 Å². The minimum absolute atomic E-state index is 0.144. The highest BCUT2D eigenvalue weighted by atomic mass is 16.5. The molecule has 0 saturated heterocycles. The van der Waals surface area contributed by atoms with Gasteiger partial charge in [0.25, 0.3) is 0 Å². The molecule has 1 atom stereocenters. The second kappa shape index (κ2) is 6.66. The summed E-state index contributed by atoms with van der Waals surface area (Å²) < 4.78 is 11.5. The van der Waals surface area contributed by atoms with Crippen molar-refractivity contribution in [3.05, 3.63) is 101 Å². The van der Waals surface area contributed by atoms with Crippen LogP contribution in [0, 0.1) is 11.3 Å². The number of hydrogen-bond acceptors (Lipinski definition) is 4. The largest absolute Gasteiger partial charge is 0.457 e. The molecule has 0 aromatic heterocycles. The molecule has 0 fully saturated rings. The molecule has 4 nitrogen and oxygen atoms in total. The van der Waals surface area contributed by atoms with Crippen molar-refractivity contribution in [1.82, 2.24) is 0 Å². The van der Waals surface area contributed by atoms with Crippen molar-refractivity contribution in [2.45, 2.75) is 5.92 Å². The molecule has 0 unspecified atom stereocenters. The van der Waals surface area contributed by atoms with Crippen molar-refractivity contribution in [1.29, 1.82) is 5.26 Å². The predicted octanol–water partition coefficient (Wildman–Crippen LogP) is 4.70. The van der Waals surface area contributed by atoms with Gasteiger partial charge in [-0.1, -0.05) is 48.5 Å². The molecule has 126 valence electrons. The molecular weight excluding hydrogens is 324 g/mol. The third-order valence-corrected chi connectivity index (χ3v) is 4.29. The van der Waals surface area contributed by atoms with Crippen molar-refractivity contribution >= 4 is 0 Å². The van der Waals surface area contributed by atoms with Crippen LogP contribution in [0.2, 0.25) is 0 Å². The summed E-state index contributed by atoms with van der Waals surface area (Å²) in [7, 11) is 0. The number of benzene rings is 3. The van der Waals surface area contributed by atoms with Crippen LogP contribution in [0.4, 0.5) is 0 Å². The minimum atomic E-state index is -0.288. The fourth-order valence-corrected chi connectivity index (χ4v) is 3.13. The molecule has 1 aliphatic heterocycles. The molecule has 0 bridgehead atoms. The van der Waals surface area contributed by atoms with Gasteiger partial charge in [-0.3, -0.25) is 0 Å². The van der Waals surface area contributed by atoms with E-state index in [9.17, 15) is 5.26 Å². The SMILES string of the molecule is N#CC1=C(N)Oc2ccccc2[C@@H]1c1cccc(Oc2ccccc2)c1. The summed E-state index contributed by atoms with van der Waals surface area (Å²) >= 11 is 0. The zero-order valence-corrected chi connectivity index (χ0v) is 13.9. The maximum absolute atomic E-state index is 9.62. The molecule has 0 spiro atoms. The number of ether oxygens (including phenoxy) is 2. The quantitative estimate of drug-likeness (QED) is 0.750. The van der Waals surface area contributed by atoms with Crippen LogP contribution < -0.4 is 15.2 Å². The van der Waals surface area contributed by atoms with Crippen molar-refractivity contribution in [3.63, 3.8) is 0 Å². The van der Waals surface area contributed by atoms with Gasteiger partial charge >= 0.3 is 0 Å². The van der Waals surface area contributed by atoms with Gasteiger partial charge < -0.3 is 15.2 Å². The molecule has 0 aliphatic carbocycles. The summed E-state index contributed by atoms with van der Waals surface area (Å²) in [5, 5.41) is 9.62. The Morgan fingerprint density at radius 3 is 2.42 bits per heavy atom. The molecule has 0 amide bonds. The Morgan fingerprint density at radius 1 is 0.885 bits per heavy atom. The van der Waals surface area contributed by atoms with Gasteiger partial charge in [-0.05, 0) is 35.9 Å². The van der Waals surface area contributed by atoms with Gasteiger partial charge in [0.15, 0.2) is 0 Å². The monoisotopic (exact) mass is 340 g/mol. The number of nitrogens with zero attached hydrogens (tertiary/aromatic N) is 1. The third kappa shape index (κ3) is 2.87. The highest BCUT2D eigenvalue weighted by molar-refractivity contribution is 5.56. The van der Waals surface area contributed by atoms with E-state index in [1.165, 1.54) is 0 Å². The van der Waals surface area contributed by atoms with E-state index < -0.39 is 0 Å². The Balaban J connectivity index is 1.77. The smallest absolute Gasteiger partial charge is 0.205 e. The highest BCUT2D eigenvalue weighted by Crippen LogP contribution is 2.42. The average Bonchev–Trinajstić information content (AvgIpc) is 2.68. The van der Waals surface area contributed by atoms with Crippen LogP contribution in [0.25, 0.3) is 0 Å². The lowest BCUT2D eigenvalue weighted by atomic mass is 9.83. The standard InChI is InChI=1S/C22H16N2O2/c23-14-19-21(18-11-4-5-12-20(18)26-22(19)24)15-7-6-10-17(13-15)25-16-8-2-1-3-9-16/h1-13,21H,24H2/t21-/m0/s1. The molecule has 0 saturated carbocycles. The second-order valence-electron chi connectivity index (χ2n) is 5.95. The number of rotatable bonds is 3. The van der Waals surface area contributed by atoms with Crippen LogP contribution in [0.3, 0.4) is 0 Å². The topological polar surface area (TPSA) is 68.3 Å². The van der Waals surface area contributed by atoms with Crippen LogP contribution in [-0.4, -0.2) is 0 Å². The first-order valence-corrected chi connectivity index (χ1v) is 8.25. The van der Waals surface area contributed by atoms with Crippen LogP contribution >= 0.6 is 0 Å². The maximum Gasteiger partial charge on any atom is 0.205 e. The molecule has 2 N–H and O–H groups in total. The molecule has 1 aliphatic rings. The molecule has 3 aromatic carbocycles. The zero-order chi connectivity index (χ0) is 17.9. The summed E-state index contributed by atoms with van der Waals surface area (Å²) in [4.78, 5) is 0. The van der Waals surface area contributed by atoms with E-state index in [-0.39, 0.29) is 11.8 Å². The van der Waals surface area contributed by atoms with Gasteiger partial charge in [0.2, 0.25) is 5.88 Å². The number of para-hydroxylation sites is 2. The summed E-state index contributed by atoms with van der Waals surface area (Å²) in [5.41, 5.74) is 8.24. The first kappa shape index (κ1) is 15.8. The van der Waals surface area contributed by atoms with Gasteiger partial charge in [0.05, 0.1) is 5.92 Å². The van der Waals surface area contributed by atoms with E-state index >= 15 is 0 Å². The van der Waals surface area contributed by atoms with E-state index in [0.29, 0.717) is 17.1 Å². The van der Waals surface area contributed by atoms with Gasteiger partial charge in [-0.2, -0.15) is 5.26 Å². The van der Waals surface area contributed by atoms with Crippen LogP contribution in [0.15, 0.2) is 90.3 Å². The predicted molar refractivity (Wildman–Crippen MR) is 98.7 cm³/mol. The van der Waals surface area contributed by atoms with Crippen LogP contribution in [0.5, 0.6) is 17.2 Å². The van der Waals surface area contributed by atoms with Crippen molar-refractivity contribution in [2.75, 3.05) is 0 Å². The number of nitriles is 1. The molecule has 26 heavy (non-hydrogen) atoms. The molecule has 1 heterocycles. The average molecular weight is 340 g/mol. The van der Waals surface area contributed by atoms with Crippen LogP contribution in [0.1, 0.15) is 17.0 Å². The lowest BCUT2D eigenvalue weighted by Gasteiger charge is -2.26. The van der Waals surface area contributed by atoms with Gasteiger partial charge in [-0.25, -0.2) is 0 Å². The minimum Gasteiger partial charge on any atom is -0.457 e. The van der Waals surface area contributed by atoms with E-state index in [4.69, 9.17) is 15.2 Å². The first-order valence-electron chi connectivity index (χ1n) is 8.25. The summed E-state index contributed by atoms with van der Waals surface area (Å²) in [6.45, 7) is 0. The summed E-state index contributed by atoms with van der Waals surface area (Å²) in [6, 6.07) is 27.1. The molecule has 3 aromatic rings.